The fraction of sp³-hybridized carbons (Fsp3) is 0.381. The predicted octanol–water partition coefficient (Wildman–Crippen LogP) is 3.21. The van der Waals surface area contributed by atoms with Crippen molar-refractivity contribution in [2.75, 3.05) is 36.0 Å². The molecular weight excluding hydrogens is 408 g/mol. The Morgan fingerprint density at radius 3 is 2.62 bits per heavy atom. The zero-order chi connectivity index (χ0) is 21.3. The zero-order valence-electron chi connectivity index (χ0n) is 17.1. The van der Waals surface area contributed by atoms with E-state index in [9.17, 15) is 13.2 Å². The van der Waals surface area contributed by atoms with Gasteiger partial charge in [0.25, 0.3) is 0 Å². The molecule has 1 N–H and O–H groups in total. The normalized spacial score (nSPS) is 11.1. The maximum Gasteiger partial charge on any atom is 0.240 e. The second-order valence-corrected chi connectivity index (χ2v) is 9.54. The van der Waals surface area contributed by atoms with Gasteiger partial charge in [0.1, 0.15) is 12.3 Å². The molecule has 0 bridgehead atoms. The van der Waals surface area contributed by atoms with E-state index in [-0.39, 0.29) is 12.5 Å². The molecule has 1 amide bonds. The monoisotopic (exact) mass is 436 g/mol. The van der Waals surface area contributed by atoms with Crippen LogP contribution in [0.1, 0.15) is 18.1 Å². The minimum absolute atomic E-state index is 0.267. The van der Waals surface area contributed by atoms with Crippen LogP contribution >= 0.6 is 11.8 Å². The third kappa shape index (κ3) is 7.62. The highest BCUT2D eigenvalue weighted by Gasteiger charge is 2.21. The van der Waals surface area contributed by atoms with Crippen molar-refractivity contribution < 1.29 is 17.9 Å². The number of nitrogens with one attached hydrogen (secondary N) is 1. The second kappa shape index (κ2) is 11.1. The van der Waals surface area contributed by atoms with Crippen LogP contribution in [0.5, 0.6) is 5.75 Å². The number of carbonyl (C=O) groups is 1. The number of rotatable bonds is 11. The molecule has 0 aromatic heterocycles. The Bertz CT molecular complexity index is 916. The standard InChI is InChI=1S/C21H28N2O4S2/c1-4-27-20-11-7-10-19(14-20)23(29(3,25)26)15-21(24)22-12-13-28-16-18-9-6-5-8-17(18)2/h5-11,14H,4,12-13,15-16H2,1-3H3,(H,22,24). The first-order chi connectivity index (χ1) is 13.8. The molecule has 0 fully saturated rings. The van der Waals surface area contributed by atoms with Gasteiger partial charge in [0, 0.05) is 24.1 Å². The average molecular weight is 437 g/mol. The number of thioether (sulfide) groups is 1. The van der Waals surface area contributed by atoms with E-state index in [1.807, 2.05) is 19.1 Å². The van der Waals surface area contributed by atoms with Crippen molar-refractivity contribution >= 4 is 33.4 Å². The lowest BCUT2D eigenvalue weighted by atomic mass is 10.1. The number of sulfonamides is 1. The Morgan fingerprint density at radius 1 is 1.17 bits per heavy atom. The number of hydrogen-bond donors (Lipinski definition) is 1. The van der Waals surface area contributed by atoms with E-state index in [0.29, 0.717) is 24.6 Å². The fourth-order valence-electron chi connectivity index (χ4n) is 2.70. The van der Waals surface area contributed by atoms with Gasteiger partial charge in [-0.1, -0.05) is 30.3 Å². The van der Waals surface area contributed by atoms with Crippen LogP contribution in [0, 0.1) is 6.92 Å². The van der Waals surface area contributed by atoms with Crippen LogP contribution in [0.15, 0.2) is 48.5 Å². The Hall–Kier alpha value is -2.19. The van der Waals surface area contributed by atoms with Gasteiger partial charge in [0.2, 0.25) is 15.9 Å². The van der Waals surface area contributed by atoms with Gasteiger partial charge in [0.05, 0.1) is 18.6 Å². The highest BCUT2D eigenvalue weighted by atomic mass is 32.2. The zero-order valence-corrected chi connectivity index (χ0v) is 18.7. The molecule has 0 spiro atoms. The Morgan fingerprint density at radius 2 is 1.93 bits per heavy atom. The van der Waals surface area contributed by atoms with Crippen molar-refractivity contribution in [2.45, 2.75) is 19.6 Å². The van der Waals surface area contributed by atoms with Gasteiger partial charge in [0.15, 0.2) is 0 Å². The first-order valence-electron chi connectivity index (χ1n) is 9.40. The Balaban J connectivity index is 1.87. The van der Waals surface area contributed by atoms with Gasteiger partial charge in [-0.3, -0.25) is 9.10 Å². The van der Waals surface area contributed by atoms with Gasteiger partial charge in [-0.25, -0.2) is 8.42 Å². The molecule has 2 aromatic rings. The Labute approximate surface area is 177 Å². The smallest absolute Gasteiger partial charge is 0.240 e. The van der Waals surface area contributed by atoms with Gasteiger partial charge < -0.3 is 10.1 Å². The Kier molecular flexibility index (Phi) is 8.85. The average Bonchev–Trinajstić information content (AvgIpc) is 2.67. The van der Waals surface area contributed by atoms with Gasteiger partial charge in [-0.15, -0.1) is 0 Å². The van der Waals surface area contributed by atoms with Gasteiger partial charge in [-0.05, 0) is 37.1 Å². The van der Waals surface area contributed by atoms with E-state index in [1.54, 1.807) is 36.0 Å². The van der Waals surface area contributed by atoms with E-state index < -0.39 is 10.0 Å². The maximum atomic E-state index is 12.3. The molecule has 0 radical (unpaired) electrons. The largest absolute Gasteiger partial charge is 0.494 e. The van der Waals surface area contributed by atoms with Crippen molar-refractivity contribution in [3.63, 3.8) is 0 Å². The molecule has 0 aliphatic rings. The summed E-state index contributed by atoms with van der Waals surface area (Å²) in [5, 5.41) is 2.80. The molecular formula is C21H28N2O4S2. The molecule has 2 aromatic carbocycles. The third-order valence-electron chi connectivity index (χ3n) is 4.19. The van der Waals surface area contributed by atoms with Crippen LogP contribution in [0.3, 0.4) is 0 Å². The lowest BCUT2D eigenvalue weighted by Gasteiger charge is -2.22. The van der Waals surface area contributed by atoms with Crippen molar-refractivity contribution in [3.8, 4) is 5.75 Å². The molecule has 0 atom stereocenters. The first-order valence-corrected chi connectivity index (χ1v) is 12.4. The molecule has 29 heavy (non-hydrogen) atoms. The molecule has 0 unspecified atom stereocenters. The van der Waals surface area contributed by atoms with E-state index in [0.717, 1.165) is 22.1 Å². The van der Waals surface area contributed by atoms with Crippen LogP contribution < -0.4 is 14.4 Å². The highest BCUT2D eigenvalue weighted by molar-refractivity contribution is 7.98. The molecule has 158 valence electrons. The molecule has 6 nitrogen and oxygen atoms in total. The topological polar surface area (TPSA) is 75.7 Å². The number of ether oxygens (including phenoxy) is 1. The first kappa shape index (κ1) is 23.1. The quantitative estimate of drug-likeness (QED) is 0.548. The van der Waals surface area contributed by atoms with E-state index in [2.05, 4.69) is 24.4 Å². The summed E-state index contributed by atoms with van der Waals surface area (Å²) < 4.78 is 30.9. The summed E-state index contributed by atoms with van der Waals surface area (Å²) in [6, 6.07) is 14.9. The van der Waals surface area contributed by atoms with E-state index in [4.69, 9.17) is 4.74 Å². The number of benzene rings is 2. The number of anilines is 1. The summed E-state index contributed by atoms with van der Waals surface area (Å²) in [7, 11) is -3.61. The van der Waals surface area contributed by atoms with Gasteiger partial charge in [-0.2, -0.15) is 11.8 Å². The molecule has 0 saturated carbocycles. The van der Waals surface area contributed by atoms with Gasteiger partial charge >= 0.3 is 0 Å². The summed E-state index contributed by atoms with van der Waals surface area (Å²) in [6.07, 6.45) is 1.09. The van der Waals surface area contributed by atoms with Crippen molar-refractivity contribution in [1.29, 1.82) is 0 Å². The summed E-state index contributed by atoms with van der Waals surface area (Å²) in [6.45, 7) is 4.62. The minimum atomic E-state index is -3.61. The molecule has 0 saturated heterocycles. The van der Waals surface area contributed by atoms with E-state index in [1.165, 1.54) is 11.1 Å². The lowest BCUT2D eigenvalue weighted by molar-refractivity contribution is -0.119. The number of amides is 1. The number of hydrogen-bond acceptors (Lipinski definition) is 5. The lowest BCUT2D eigenvalue weighted by Crippen LogP contribution is -2.41. The SMILES string of the molecule is CCOc1cccc(N(CC(=O)NCCSCc2ccccc2C)S(C)(=O)=O)c1. The van der Waals surface area contributed by atoms with Crippen LogP contribution in [-0.2, 0) is 20.6 Å². The van der Waals surface area contributed by atoms with E-state index >= 15 is 0 Å². The number of aryl methyl sites for hydroxylation is 1. The summed E-state index contributed by atoms with van der Waals surface area (Å²) in [4.78, 5) is 12.3. The van der Waals surface area contributed by atoms with Crippen LogP contribution in [0.2, 0.25) is 0 Å². The van der Waals surface area contributed by atoms with Crippen LogP contribution in [0.4, 0.5) is 5.69 Å². The second-order valence-electron chi connectivity index (χ2n) is 6.53. The minimum Gasteiger partial charge on any atom is -0.494 e. The summed E-state index contributed by atoms with van der Waals surface area (Å²) in [5.74, 6) is 1.85. The maximum absolute atomic E-state index is 12.3. The number of nitrogens with zero attached hydrogens (tertiary/aromatic N) is 1. The summed E-state index contributed by atoms with van der Waals surface area (Å²) >= 11 is 1.73. The third-order valence-corrected chi connectivity index (χ3v) is 6.34. The van der Waals surface area contributed by atoms with Crippen LogP contribution in [-0.4, -0.2) is 46.0 Å². The van der Waals surface area contributed by atoms with Crippen LogP contribution in [0.25, 0.3) is 0 Å². The van der Waals surface area contributed by atoms with Crippen molar-refractivity contribution in [1.82, 2.24) is 5.32 Å². The summed E-state index contributed by atoms with van der Waals surface area (Å²) in [5.41, 5.74) is 2.94. The van der Waals surface area contributed by atoms with Crippen molar-refractivity contribution in [2.24, 2.45) is 0 Å². The molecule has 0 heterocycles. The molecule has 2 rings (SSSR count). The predicted molar refractivity (Wildman–Crippen MR) is 120 cm³/mol. The molecule has 8 heteroatoms. The fourth-order valence-corrected chi connectivity index (χ4v) is 4.48. The number of carbonyl (C=O) groups excluding carboxylic acids is 1. The highest BCUT2D eigenvalue weighted by Crippen LogP contribution is 2.23. The van der Waals surface area contributed by atoms with Crippen molar-refractivity contribution in [3.05, 3.63) is 59.7 Å². The molecule has 0 aliphatic carbocycles. The molecule has 0 aliphatic heterocycles.